The van der Waals surface area contributed by atoms with E-state index in [2.05, 4.69) is 5.32 Å². The Morgan fingerprint density at radius 1 is 1.25 bits per heavy atom. The molecule has 1 amide bonds. The van der Waals surface area contributed by atoms with Gasteiger partial charge in [0.05, 0.1) is 17.5 Å². The Bertz CT molecular complexity index is 905. The van der Waals surface area contributed by atoms with Crippen LogP contribution in [0.3, 0.4) is 0 Å². The molecule has 1 aliphatic rings. The van der Waals surface area contributed by atoms with Crippen LogP contribution in [0.1, 0.15) is 18.0 Å². The summed E-state index contributed by atoms with van der Waals surface area (Å²) in [6.45, 7) is 0.501. The van der Waals surface area contributed by atoms with E-state index in [1.54, 1.807) is 18.0 Å². The highest BCUT2D eigenvalue weighted by molar-refractivity contribution is 7.99. The summed E-state index contributed by atoms with van der Waals surface area (Å²) in [4.78, 5) is 13.0. The SMILES string of the molecule is O=C(O)NC1CCOc2cc(Sc3coc4ccccc34)ccc21. The molecule has 0 saturated carbocycles. The summed E-state index contributed by atoms with van der Waals surface area (Å²) in [6.07, 6.45) is 1.37. The van der Waals surface area contributed by atoms with Gasteiger partial charge in [-0.15, -0.1) is 0 Å². The summed E-state index contributed by atoms with van der Waals surface area (Å²) in [5, 5.41) is 12.6. The van der Waals surface area contributed by atoms with Crippen LogP contribution in [-0.2, 0) is 0 Å². The number of benzene rings is 2. The molecule has 2 N–H and O–H groups in total. The monoisotopic (exact) mass is 341 g/mol. The zero-order chi connectivity index (χ0) is 16.5. The third-order valence-electron chi connectivity index (χ3n) is 4.00. The molecule has 0 radical (unpaired) electrons. The van der Waals surface area contributed by atoms with Gasteiger partial charge in [-0.25, -0.2) is 4.79 Å². The van der Waals surface area contributed by atoms with Crippen LogP contribution in [0.15, 0.2) is 62.9 Å². The Morgan fingerprint density at radius 2 is 2.12 bits per heavy atom. The van der Waals surface area contributed by atoms with Gasteiger partial charge in [-0.2, -0.15) is 0 Å². The van der Waals surface area contributed by atoms with Gasteiger partial charge in [0.25, 0.3) is 0 Å². The van der Waals surface area contributed by atoms with Crippen molar-refractivity contribution in [2.45, 2.75) is 22.3 Å². The van der Waals surface area contributed by atoms with Crippen LogP contribution in [0, 0.1) is 0 Å². The second kappa shape index (κ2) is 6.13. The number of para-hydroxylation sites is 1. The van der Waals surface area contributed by atoms with E-state index in [0.717, 1.165) is 32.1 Å². The summed E-state index contributed by atoms with van der Waals surface area (Å²) in [6, 6.07) is 13.6. The Kier molecular flexibility index (Phi) is 3.82. The standard InChI is InChI=1S/C18H15NO4S/c20-18(21)19-14-7-8-22-16-9-11(5-6-12(14)16)24-17-10-23-15-4-2-1-3-13(15)17/h1-6,9-10,14,19H,7-8H2,(H,20,21). The van der Waals surface area contributed by atoms with Crippen molar-refractivity contribution in [3.8, 4) is 5.75 Å². The number of ether oxygens (including phenoxy) is 1. The van der Waals surface area contributed by atoms with Crippen molar-refractivity contribution in [2.75, 3.05) is 6.61 Å². The van der Waals surface area contributed by atoms with E-state index in [-0.39, 0.29) is 6.04 Å². The maximum absolute atomic E-state index is 10.9. The number of fused-ring (bicyclic) bond motifs is 2. The summed E-state index contributed by atoms with van der Waals surface area (Å²) >= 11 is 1.60. The van der Waals surface area contributed by atoms with Crippen LogP contribution in [0.4, 0.5) is 4.79 Å². The van der Waals surface area contributed by atoms with Crippen LogP contribution >= 0.6 is 11.8 Å². The van der Waals surface area contributed by atoms with E-state index in [1.165, 1.54) is 0 Å². The second-order valence-electron chi connectivity index (χ2n) is 5.54. The van der Waals surface area contributed by atoms with Crippen LogP contribution in [0.5, 0.6) is 5.75 Å². The van der Waals surface area contributed by atoms with Crippen molar-refractivity contribution in [1.82, 2.24) is 5.32 Å². The van der Waals surface area contributed by atoms with Gasteiger partial charge in [0.1, 0.15) is 17.6 Å². The molecular weight excluding hydrogens is 326 g/mol. The summed E-state index contributed by atoms with van der Waals surface area (Å²) in [5.41, 5.74) is 1.74. The maximum atomic E-state index is 10.9. The predicted octanol–water partition coefficient (Wildman–Crippen LogP) is 4.68. The van der Waals surface area contributed by atoms with Crippen molar-refractivity contribution in [2.24, 2.45) is 0 Å². The lowest BCUT2D eigenvalue weighted by Gasteiger charge is -2.26. The number of furan rings is 1. The number of nitrogens with one attached hydrogen (secondary N) is 1. The average Bonchev–Trinajstić information content (AvgIpc) is 2.98. The van der Waals surface area contributed by atoms with Crippen LogP contribution in [-0.4, -0.2) is 17.8 Å². The zero-order valence-corrected chi connectivity index (χ0v) is 13.5. The molecule has 1 aliphatic heterocycles. The minimum absolute atomic E-state index is 0.222. The highest BCUT2D eigenvalue weighted by Crippen LogP contribution is 2.39. The van der Waals surface area contributed by atoms with E-state index >= 15 is 0 Å². The lowest BCUT2D eigenvalue weighted by Crippen LogP contribution is -2.30. The lowest BCUT2D eigenvalue weighted by molar-refractivity contribution is 0.182. The fourth-order valence-corrected chi connectivity index (χ4v) is 3.82. The van der Waals surface area contributed by atoms with Crippen LogP contribution < -0.4 is 10.1 Å². The van der Waals surface area contributed by atoms with Crippen LogP contribution in [0.2, 0.25) is 0 Å². The Balaban J connectivity index is 1.62. The Hall–Kier alpha value is -2.60. The van der Waals surface area contributed by atoms with Crippen molar-refractivity contribution >= 4 is 28.8 Å². The van der Waals surface area contributed by atoms with Gasteiger partial charge in [0.2, 0.25) is 0 Å². The smallest absolute Gasteiger partial charge is 0.405 e. The van der Waals surface area contributed by atoms with Gasteiger partial charge in [0.15, 0.2) is 0 Å². The molecule has 1 atom stereocenters. The molecule has 2 aromatic carbocycles. The number of hydrogen-bond acceptors (Lipinski definition) is 4. The van der Waals surface area contributed by atoms with Crippen molar-refractivity contribution < 1.29 is 19.1 Å². The highest BCUT2D eigenvalue weighted by atomic mass is 32.2. The largest absolute Gasteiger partial charge is 0.493 e. The number of carboxylic acid groups (broad SMARTS) is 1. The quantitative estimate of drug-likeness (QED) is 0.724. The summed E-state index contributed by atoms with van der Waals surface area (Å²) in [5.74, 6) is 0.734. The number of amides is 1. The van der Waals surface area contributed by atoms with Crippen LogP contribution in [0.25, 0.3) is 11.0 Å². The molecule has 4 rings (SSSR count). The maximum Gasteiger partial charge on any atom is 0.405 e. The molecule has 0 spiro atoms. The van der Waals surface area contributed by atoms with E-state index in [1.807, 2.05) is 42.5 Å². The first-order chi connectivity index (χ1) is 11.7. The first-order valence-corrected chi connectivity index (χ1v) is 8.42. The summed E-state index contributed by atoms with van der Waals surface area (Å²) in [7, 11) is 0. The minimum Gasteiger partial charge on any atom is -0.493 e. The molecule has 0 aliphatic carbocycles. The normalized spacial score (nSPS) is 16.4. The third-order valence-corrected chi connectivity index (χ3v) is 5.02. The first kappa shape index (κ1) is 15.0. The molecule has 122 valence electrons. The third kappa shape index (κ3) is 2.80. The molecule has 0 fully saturated rings. The molecular formula is C18H15NO4S. The molecule has 1 aromatic heterocycles. The predicted molar refractivity (Wildman–Crippen MR) is 90.8 cm³/mol. The molecule has 0 saturated heterocycles. The van der Waals surface area contributed by atoms with Gasteiger partial charge >= 0.3 is 6.09 Å². The van der Waals surface area contributed by atoms with E-state index < -0.39 is 6.09 Å². The van der Waals surface area contributed by atoms with Crippen molar-refractivity contribution in [3.05, 3.63) is 54.3 Å². The van der Waals surface area contributed by atoms with Gasteiger partial charge in [-0.1, -0.05) is 30.0 Å². The summed E-state index contributed by atoms with van der Waals surface area (Å²) < 4.78 is 11.3. The fraction of sp³-hybridized carbons (Fsp3) is 0.167. The number of rotatable bonds is 3. The number of hydrogen-bond donors (Lipinski definition) is 2. The Labute approximate surface area is 142 Å². The molecule has 5 nitrogen and oxygen atoms in total. The molecule has 2 heterocycles. The van der Waals surface area contributed by atoms with Crippen molar-refractivity contribution in [1.29, 1.82) is 0 Å². The van der Waals surface area contributed by atoms with Crippen molar-refractivity contribution in [3.63, 3.8) is 0 Å². The second-order valence-corrected chi connectivity index (χ2v) is 6.65. The number of carbonyl (C=O) groups is 1. The zero-order valence-electron chi connectivity index (χ0n) is 12.7. The van der Waals surface area contributed by atoms with Gasteiger partial charge in [0, 0.05) is 22.3 Å². The van der Waals surface area contributed by atoms with Gasteiger partial charge < -0.3 is 19.6 Å². The minimum atomic E-state index is -1.02. The van der Waals surface area contributed by atoms with E-state index in [0.29, 0.717) is 13.0 Å². The average molecular weight is 341 g/mol. The van der Waals surface area contributed by atoms with E-state index in [9.17, 15) is 4.79 Å². The highest BCUT2D eigenvalue weighted by Gasteiger charge is 2.23. The molecule has 3 aromatic rings. The van der Waals surface area contributed by atoms with Gasteiger partial charge in [-0.3, -0.25) is 0 Å². The van der Waals surface area contributed by atoms with Gasteiger partial charge in [-0.05, 0) is 24.3 Å². The van der Waals surface area contributed by atoms with E-state index in [4.69, 9.17) is 14.3 Å². The molecule has 6 heteroatoms. The fourth-order valence-electron chi connectivity index (χ4n) is 2.89. The molecule has 0 bridgehead atoms. The Morgan fingerprint density at radius 3 is 3.00 bits per heavy atom. The molecule has 1 unspecified atom stereocenters. The molecule has 24 heavy (non-hydrogen) atoms. The lowest BCUT2D eigenvalue weighted by atomic mass is 10.0. The topological polar surface area (TPSA) is 71.7 Å². The first-order valence-electron chi connectivity index (χ1n) is 7.61.